The van der Waals surface area contributed by atoms with E-state index in [9.17, 15) is 13.2 Å². The Balaban J connectivity index is 3.57. The molecule has 0 aliphatic heterocycles. The molecule has 0 aliphatic carbocycles. The van der Waals surface area contributed by atoms with Crippen molar-refractivity contribution in [3.05, 3.63) is 27.7 Å². The van der Waals surface area contributed by atoms with Crippen LogP contribution in [0.3, 0.4) is 0 Å². The Morgan fingerprint density at radius 1 is 1.41 bits per heavy atom. The van der Waals surface area contributed by atoms with E-state index in [1.807, 2.05) is 0 Å². The summed E-state index contributed by atoms with van der Waals surface area (Å²) in [5.74, 6) is -2.20. The summed E-state index contributed by atoms with van der Waals surface area (Å²) in [4.78, 5) is 10.4. The summed E-state index contributed by atoms with van der Waals surface area (Å²) in [5, 5.41) is 16.7. The number of carboxylic acid groups (broad SMARTS) is 1. The number of rotatable bonds is 3. The first-order valence-corrected chi connectivity index (χ1v) is 6.52. The second-order valence-corrected chi connectivity index (χ2v) is 5.76. The molecular weight excluding hydrogens is 289 g/mol. The first-order valence-electron chi connectivity index (χ1n) is 4.11. The molecule has 1 aromatic carbocycles. The number of hydrogen-bond acceptors (Lipinski definition) is 4. The van der Waals surface area contributed by atoms with Crippen molar-refractivity contribution in [2.75, 3.05) is 5.75 Å². The third kappa shape index (κ3) is 2.88. The topological polar surface area (TPSA) is 95.2 Å². The highest BCUT2D eigenvalue weighted by molar-refractivity contribution is 7.91. The van der Waals surface area contributed by atoms with Crippen LogP contribution in [0, 0.1) is 11.3 Å². The fourth-order valence-electron chi connectivity index (χ4n) is 1.11. The number of sulfone groups is 1. The first kappa shape index (κ1) is 13.8. The van der Waals surface area contributed by atoms with E-state index in [1.54, 1.807) is 0 Å². The minimum atomic E-state index is -3.96. The predicted octanol–water partition coefficient (Wildman–Crippen LogP) is 1.99. The number of benzene rings is 1. The molecule has 0 saturated heterocycles. The van der Waals surface area contributed by atoms with Gasteiger partial charge in [0.25, 0.3) is 0 Å². The SMILES string of the molecule is N#CCS(=O)(=O)c1cc(Cl)cc(C(=O)O)c1Cl. The van der Waals surface area contributed by atoms with Crippen LogP contribution < -0.4 is 0 Å². The maximum atomic E-state index is 11.6. The van der Waals surface area contributed by atoms with Gasteiger partial charge in [0.2, 0.25) is 0 Å². The highest BCUT2D eigenvalue weighted by Gasteiger charge is 2.23. The molecule has 0 spiro atoms. The molecule has 0 aliphatic rings. The van der Waals surface area contributed by atoms with E-state index in [0.717, 1.165) is 12.1 Å². The number of nitriles is 1. The number of nitrogens with zero attached hydrogens (tertiary/aromatic N) is 1. The van der Waals surface area contributed by atoms with Crippen molar-refractivity contribution in [2.45, 2.75) is 4.90 Å². The van der Waals surface area contributed by atoms with Crippen molar-refractivity contribution in [1.29, 1.82) is 5.26 Å². The Hall–Kier alpha value is -1.29. The van der Waals surface area contributed by atoms with Gasteiger partial charge in [-0.05, 0) is 12.1 Å². The minimum Gasteiger partial charge on any atom is -0.478 e. The Labute approximate surface area is 107 Å². The summed E-state index contributed by atoms with van der Waals surface area (Å²) >= 11 is 11.3. The van der Waals surface area contributed by atoms with Crippen LogP contribution in [0.5, 0.6) is 0 Å². The highest BCUT2D eigenvalue weighted by Crippen LogP contribution is 2.30. The van der Waals surface area contributed by atoms with Crippen molar-refractivity contribution in [2.24, 2.45) is 0 Å². The van der Waals surface area contributed by atoms with Gasteiger partial charge in [-0.1, -0.05) is 23.2 Å². The standard InChI is InChI=1S/C9H5Cl2NO4S/c10-5-3-6(9(13)14)8(11)7(4-5)17(15,16)2-1-12/h3-4H,2H2,(H,13,14). The van der Waals surface area contributed by atoms with E-state index in [1.165, 1.54) is 6.07 Å². The molecule has 8 heteroatoms. The third-order valence-corrected chi connectivity index (χ3v) is 4.06. The summed E-state index contributed by atoms with van der Waals surface area (Å²) in [6.45, 7) is 0. The lowest BCUT2D eigenvalue weighted by Gasteiger charge is -2.07. The zero-order chi connectivity index (χ0) is 13.2. The summed E-state index contributed by atoms with van der Waals surface area (Å²) in [6, 6.07) is 3.52. The molecule has 0 bridgehead atoms. The molecule has 90 valence electrons. The van der Waals surface area contributed by atoms with Gasteiger partial charge in [-0.2, -0.15) is 5.26 Å². The molecule has 5 nitrogen and oxygen atoms in total. The van der Waals surface area contributed by atoms with Gasteiger partial charge in [0.1, 0.15) is 5.75 Å². The molecular formula is C9H5Cl2NO4S. The molecule has 0 atom stereocenters. The number of carbonyl (C=O) groups is 1. The molecule has 0 fully saturated rings. The average Bonchev–Trinajstić information content (AvgIpc) is 2.20. The van der Waals surface area contributed by atoms with Gasteiger partial charge in [-0.3, -0.25) is 0 Å². The van der Waals surface area contributed by atoms with E-state index in [4.69, 9.17) is 33.6 Å². The molecule has 17 heavy (non-hydrogen) atoms. The molecule has 0 unspecified atom stereocenters. The van der Waals surface area contributed by atoms with Gasteiger partial charge in [-0.25, -0.2) is 13.2 Å². The molecule has 1 N–H and O–H groups in total. The van der Waals surface area contributed by atoms with Gasteiger partial charge in [-0.15, -0.1) is 0 Å². The van der Waals surface area contributed by atoms with Crippen molar-refractivity contribution < 1.29 is 18.3 Å². The second-order valence-electron chi connectivity index (χ2n) is 2.99. The van der Waals surface area contributed by atoms with Crippen LogP contribution in [-0.4, -0.2) is 25.2 Å². The molecule has 0 aromatic heterocycles. The molecule has 0 radical (unpaired) electrons. The van der Waals surface area contributed by atoms with Crippen LogP contribution in [-0.2, 0) is 9.84 Å². The summed E-state index contributed by atoms with van der Waals surface area (Å²) in [7, 11) is -3.96. The quantitative estimate of drug-likeness (QED) is 0.919. The van der Waals surface area contributed by atoms with Gasteiger partial charge in [0.05, 0.1) is 21.6 Å². The average molecular weight is 294 g/mol. The zero-order valence-electron chi connectivity index (χ0n) is 8.15. The lowest BCUT2D eigenvalue weighted by atomic mass is 10.2. The Morgan fingerprint density at radius 2 is 2.00 bits per heavy atom. The molecule has 0 amide bonds. The predicted molar refractivity (Wildman–Crippen MR) is 61.1 cm³/mol. The van der Waals surface area contributed by atoms with E-state index in [-0.39, 0.29) is 5.02 Å². The van der Waals surface area contributed by atoms with Crippen LogP contribution in [0.15, 0.2) is 17.0 Å². The van der Waals surface area contributed by atoms with E-state index in [0.29, 0.717) is 0 Å². The monoisotopic (exact) mass is 293 g/mol. The smallest absolute Gasteiger partial charge is 0.337 e. The van der Waals surface area contributed by atoms with Gasteiger partial charge < -0.3 is 5.11 Å². The van der Waals surface area contributed by atoms with Crippen LogP contribution in [0.2, 0.25) is 10.0 Å². The van der Waals surface area contributed by atoms with Crippen LogP contribution >= 0.6 is 23.2 Å². The Morgan fingerprint density at radius 3 is 2.47 bits per heavy atom. The lowest BCUT2D eigenvalue weighted by molar-refractivity contribution is 0.0697. The van der Waals surface area contributed by atoms with Crippen molar-refractivity contribution in [3.8, 4) is 6.07 Å². The van der Waals surface area contributed by atoms with E-state index >= 15 is 0 Å². The minimum absolute atomic E-state index is 0.0803. The number of hydrogen-bond donors (Lipinski definition) is 1. The molecule has 1 aromatic rings. The molecule has 0 saturated carbocycles. The summed E-state index contributed by atoms with van der Waals surface area (Å²) < 4.78 is 23.2. The summed E-state index contributed by atoms with van der Waals surface area (Å²) in [6.07, 6.45) is 0. The largest absolute Gasteiger partial charge is 0.478 e. The first-order chi connectivity index (χ1) is 7.79. The maximum absolute atomic E-state index is 11.6. The van der Waals surface area contributed by atoms with Gasteiger partial charge in [0, 0.05) is 5.02 Å². The van der Waals surface area contributed by atoms with Crippen molar-refractivity contribution >= 4 is 39.0 Å². The van der Waals surface area contributed by atoms with Crippen LogP contribution in [0.1, 0.15) is 10.4 Å². The van der Waals surface area contributed by atoms with Gasteiger partial charge in [0.15, 0.2) is 9.84 Å². The van der Waals surface area contributed by atoms with Crippen molar-refractivity contribution in [1.82, 2.24) is 0 Å². The highest BCUT2D eigenvalue weighted by atomic mass is 35.5. The van der Waals surface area contributed by atoms with Crippen LogP contribution in [0.4, 0.5) is 0 Å². The van der Waals surface area contributed by atoms with E-state index in [2.05, 4.69) is 0 Å². The van der Waals surface area contributed by atoms with Gasteiger partial charge >= 0.3 is 5.97 Å². The number of aromatic carboxylic acids is 1. The van der Waals surface area contributed by atoms with Crippen LogP contribution in [0.25, 0.3) is 0 Å². The molecule has 1 rings (SSSR count). The molecule has 0 heterocycles. The van der Waals surface area contributed by atoms with E-state index < -0.39 is 37.0 Å². The Kier molecular flexibility index (Phi) is 3.98. The fourth-order valence-corrected chi connectivity index (χ4v) is 2.95. The Bertz CT molecular complexity index is 619. The normalized spacial score (nSPS) is 10.9. The second kappa shape index (κ2) is 4.92. The third-order valence-electron chi connectivity index (χ3n) is 1.82. The summed E-state index contributed by atoms with van der Waals surface area (Å²) in [5.41, 5.74) is -0.421. The zero-order valence-corrected chi connectivity index (χ0v) is 10.5. The fraction of sp³-hybridized carbons (Fsp3) is 0.111. The van der Waals surface area contributed by atoms with Crippen molar-refractivity contribution in [3.63, 3.8) is 0 Å². The number of carboxylic acids is 1. The lowest BCUT2D eigenvalue weighted by Crippen LogP contribution is -2.09. The number of halogens is 2. The maximum Gasteiger partial charge on any atom is 0.337 e.